The SMILES string of the molecule is CC(C)Oc1cccc(NC(=O)c2c[nH]c3c2-c2ncncc2CCC3)c1. The predicted octanol–water partition coefficient (Wildman–Crippen LogP) is 4.00. The first-order valence-corrected chi connectivity index (χ1v) is 9.19. The topological polar surface area (TPSA) is 79.9 Å². The van der Waals surface area contributed by atoms with Crippen molar-refractivity contribution in [3.8, 4) is 17.0 Å². The van der Waals surface area contributed by atoms with Crippen molar-refractivity contribution in [2.24, 2.45) is 0 Å². The van der Waals surface area contributed by atoms with Gasteiger partial charge in [0.25, 0.3) is 5.91 Å². The molecule has 0 unspecified atom stereocenters. The van der Waals surface area contributed by atoms with Gasteiger partial charge in [-0.15, -0.1) is 0 Å². The van der Waals surface area contributed by atoms with Gasteiger partial charge in [0, 0.05) is 35.4 Å². The third kappa shape index (κ3) is 3.56. The second-order valence-electron chi connectivity index (χ2n) is 6.95. The van der Waals surface area contributed by atoms with Crippen molar-refractivity contribution in [2.75, 3.05) is 5.32 Å². The van der Waals surface area contributed by atoms with Crippen LogP contribution in [-0.2, 0) is 12.8 Å². The molecule has 4 rings (SSSR count). The Kier molecular flexibility index (Phi) is 4.62. The Labute approximate surface area is 158 Å². The molecule has 6 nitrogen and oxygen atoms in total. The van der Waals surface area contributed by atoms with Crippen LogP contribution in [0, 0.1) is 0 Å². The fourth-order valence-electron chi connectivity index (χ4n) is 3.45. The molecule has 0 aliphatic heterocycles. The number of ether oxygens (including phenoxy) is 1. The number of fused-ring (bicyclic) bond motifs is 3. The van der Waals surface area contributed by atoms with E-state index >= 15 is 0 Å². The summed E-state index contributed by atoms with van der Waals surface area (Å²) in [4.78, 5) is 24.8. The van der Waals surface area contributed by atoms with Gasteiger partial charge >= 0.3 is 0 Å². The van der Waals surface area contributed by atoms with Crippen molar-refractivity contribution in [1.82, 2.24) is 15.0 Å². The number of benzene rings is 1. The van der Waals surface area contributed by atoms with Gasteiger partial charge in [-0.3, -0.25) is 4.79 Å². The molecule has 0 atom stereocenters. The molecule has 2 N–H and O–H groups in total. The lowest BCUT2D eigenvalue weighted by molar-refractivity contribution is 0.102. The molecule has 2 aromatic heterocycles. The quantitative estimate of drug-likeness (QED) is 0.735. The van der Waals surface area contributed by atoms with Crippen molar-refractivity contribution in [3.05, 3.63) is 59.8 Å². The molecule has 0 saturated carbocycles. The maximum Gasteiger partial charge on any atom is 0.257 e. The first-order valence-electron chi connectivity index (χ1n) is 9.19. The van der Waals surface area contributed by atoms with E-state index in [-0.39, 0.29) is 12.0 Å². The number of carbonyl (C=O) groups excluding carboxylic acids is 1. The third-order valence-electron chi connectivity index (χ3n) is 4.57. The van der Waals surface area contributed by atoms with Crippen LogP contribution in [0.3, 0.4) is 0 Å². The first-order chi connectivity index (χ1) is 13.1. The van der Waals surface area contributed by atoms with E-state index in [2.05, 4.69) is 20.3 Å². The highest BCUT2D eigenvalue weighted by Gasteiger charge is 2.24. The number of aromatic amines is 1. The molecule has 0 fully saturated rings. The van der Waals surface area contributed by atoms with Gasteiger partial charge in [-0.25, -0.2) is 9.97 Å². The lowest BCUT2D eigenvalue weighted by Gasteiger charge is -2.12. The van der Waals surface area contributed by atoms with Crippen molar-refractivity contribution >= 4 is 11.6 Å². The summed E-state index contributed by atoms with van der Waals surface area (Å²) in [7, 11) is 0. The zero-order valence-corrected chi connectivity index (χ0v) is 15.5. The number of aromatic nitrogens is 3. The minimum atomic E-state index is -0.166. The molecule has 1 aliphatic rings. The molecule has 1 aliphatic carbocycles. The Hall–Kier alpha value is -3.15. The predicted molar refractivity (Wildman–Crippen MR) is 104 cm³/mol. The van der Waals surface area contributed by atoms with Crippen molar-refractivity contribution < 1.29 is 9.53 Å². The Morgan fingerprint density at radius 2 is 2.19 bits per heavy atom. The van der Waals surface area contributed by atoms with Gasteiger partial charge in [0.2, 0.25) is 0 Å². The summed E-state index contributed by atoms with van der Waals surface area (Å²) >= 11 is 0. The van der Waals surface area contributed by atoms with Crippen molar-refractivity contribution in [2.45, 2.75) is 39.2 Å². The smallest absolute Gasteiger partial charge is 0.257 e. The zero-order chi connectivity index (χ0) is 18.8. The number of aryl methyl sites for hydroxylation is 2. The molecule has 2 heterocycles. The maximum absolute atomic E-state index is 13.0. The minimum absolute atomic E-state index is 0.0765. The highest BCUT2D eigenvalue weighted by Crippen LogP contribution is 2.33. The summed E-state index contributed by atoms with van der Waals surface area (Å²) in [6.45, 7) is 3.94. The Bertz CT molecular complexity index is 978. The zero-order valence-electron chi connectivity index (χ0n) is 15.5. The van der Waals surface area contributed by atoms with Crippen LogP contribution in [0.5, 0.6) is 5.75 Å². The van der Waals surface area contributed by atoms with E-state index in [0.29, 0.717) is 11.3 Å². The van der Waals surface area contributed by atoms with Crippen LogP contribution in [0.15, 0.2) is 43.0 Å². The van der Waals surface area contributed by atoms with Crippen LogP contribution in [0.1, 0.15) is 41.9 Å². The molecular formula is C21H22N4O2. The molecule has 0 spiro atoms. The molecule has 0 bridgehead atoms. The number of nitrogens with zero attached hydrogens (tertiary/aromatic N) is 2. The minimum Gasteiger partial charge on any atom is -0.491 e. The highest BCUT2D eigenvalue weighted by atomic mass is 16.5. The summed E-state index contributed by atoms with van der Waals surface area (Å²) < 4.78 is 5.71. The van der Waals surface area contributed by atoms with E-state index in [1.165, 1.54) is 6.33 Å². The van der Waals surface area contributed by atoms with Crippen LogP contribution < -0.4 is 10.1 Å². The number of hydrogen-bond acceptors (Lipinski definition) is 4. The summed E-state index contributed by atoms with van der Waals surface area (Å²) in [6.07, 6.45) is 8.03. The molecule has 6 heteroatoms. The second kappa shape index (κ2) is 7.23. The fraction of sp³-hybridized carbons (Fsp3) is 0.286. The Morgan fingerprint density at radius 3 is 3.04 bits per heavy atom. The number of rotatable bonds is 4. The van der Waals surface area contributed by atoms with E-state index in [4.69, 9.17) is 4.74 Å². The number of anilines is 1. The van der Waals surface area contributed by atoms with E-state index in [1.807, 2.05) is 44.3 Å². The van der Waals surface area contributed by atoms with Gasteiger partial charge in [-0.1, -0.05) is 6.07 Å². The third-order valence-corrected chi connectivity index (χ3v) is 4.57. The van der Waals surface area contributed by atoms with E-state index in [9.17, 15) is 4.79 Å². The van der Waals surface area contributed by atoms with E-state index in [0.717, 1.165) is 47.5 Å². The monoisotopic (exact) mass is 362 g/mol. The molecule has 0 radical (unpaired) electrons. The highest BCUT2D eigenvalue weighted by molar-refractivity contribution is 6.09. The van der Waals surface area contributed by atoms with Gasteiger partial charge in [-0.05, 0) is 50.8 Å². The average Bonchev–Trinajstić information content (AvgIpc) is 2.97. The van der Waals surface area contributed by atoms with Crippen molar-refractivity contribution in [3.63, 3.8) is 0 Å². The van der Waals surface area contributed by atoms with Crippen LogP contribution in [-0.4, -0.2) is 27.0 Å². The second-order valence-corrected chi connectivity index (χ2v) is 6.95. The standard InChI is InChI=1S/C21H22N4O2/c1-13(2)27-16-7-4-6-15(9-16)25-21(26)17-11-23-18-8-3-5-14-10-22-12-24-20(14)19(17)18/h4,6-7,9-13,23H,3,5,8H2,1-2H3,(H,25,26). The number of H-pyrrole nitrogens is 1. The van der Waals surface area contributed by atoms with Crippen LogP contribution in [0.4, 0.5) is 5.69 Å². The molecule has 138 valence electrons. The molecule has 3 aromatic rings. The first kappa shape index (κ1) is 17.3. The van der Waals surface area contributed by atoms with E-state index < -0.39 is 0 Å². The van der Waals surface area contributed by atoms with Gasteiger partial charge in [-0.2, -0.15) is 0 Å². The number of amides is 1. The Morgan fingerprint density at radius 1 is 1.30 bits per heavy atom. The lowest BCUT2D eigenvalue weighted by atomic mass is 10.0. The molecule has 0 saturated heterocycles. The molecular weight excluding hydrogens is 340 g/mol. The van der Waals surface area contributed by atoms with Gasteiger partial charge < -0.3 is 15.0 Å². The fourth-order valence-corrected chi connectivity index (χ4v) is 3.45. The average molecular weight is 362 g/mol. The van der Waals surface area contributed by atoms with Gasteiger partial charge in [0.05, 0.1) is 17.4 Å². The Balaban J connectivity index is 1.65. The summed E-state index contributed by atoms with van der Waals surface area (Å²) in [5, 5.41) is 2.98. The largest absolute Gasteiger partial charge is 0.491 e. The molecule has 27 heavy (non-hydrogen) atoms. The van der Waals surface area contributed by atoms with Crippen LogP contribution in [0.2, 0.25) is 0 Å². The maximum atomic E-state index is 13.0. The number of nitrogens with one attached hydrogen (secondary N) is 2. The molecule has 1 aromatic carbocycles. The van der Waals surface area contributed by atoms with Crippen LogP contribution >= 0.6 is 0 Å². The van der Waals surface area contributed by atoms with E-state index in [1.54, 1.807) is 6.20 Å². The molecule has 1 amide bonds. The van der Waals surface area contributed by atoms with Crippen molar-refractivity contribution in [1.29, 1.82) is 0 Å². The van der Waals surface area contributed by atoms with Gasteiger partial charge in [0.15, 0.2) is 0 Å². The number of hydrogen-bond donors (Lipinski definition) is 2. The summed E-state index contributed by atoms with van der Waals surface area (Å²) in [5.41, 5.74) is 5.16. The summed E-state index contributed by atoms with van der Waals surface area (Å²) in [6, 6.07) is 7.44. The lowest BCUT2D eigenvalue weighted by Crippen LogP contribution is -2.13. The summed E-state index contributed by atoms with van der Waals surface area (Å²) in [5.74, 6) is 0.564. The normalized spacial score (nSPS) is 12.9. The van der Waals surface area contributed by atoms with Gasteiger partial charge in [0.1, 0.15) is 12.1 Å². The van der Waals surface area contributed by atoms with Crippen LogP contribution in [0.25, 0.3) is 11.3 Å². The number of carbonyl (C=O) groups is 1.